The maximum absolute atomic E-state index is 4.69. The van der Waals surface area contributed by atoms with Crippen molar-refractivity contribution in [1.82, 2.24) is 24.6 Å². The minimum Gasteiger partial charge on any atom is -0.340 e. The van der Waals surface area contributed by atoms with Crippen molar-refractivity contribution in [2.45, 2.75) is 33.6 Å². The number of benzene rings is 1. The molecule has 0 aliphatic heterocycles. The molecule has 0 unspecified atom stereocenters. The van der Waals surface area contributed by atoms with Gasteiger partial charge in [0, 0.05) is 29.7 Å². The van der Waals surface area contributed by atoms with Gasteiger partial charge in [-0.1, -0.05) is 19.9 Å². The second-order valence-electron chi connectivity index (χ2n) is 7.11. The van der Waals surface area contributed by atoms with Crippen molar-refractivity contribution in [1.29, 1.82) is 0 Å². The van der Waals surface area contributed by atoms with Crippen molar-refractivity contribution < 1.29 is 0 Å². The molecule has 0 fully saturated rings. The summed E-state index contributed by atoms with van der Waals surface area (Å²) in [7, 11) is 0. The molecule has 1 N–H and O–H groups in total. The zero-order chi connectivity index (χ0) is 19.0. The van der Waals surface area contributed by atoms with E-state index in [1.807, 2.05) is 18.2 Å². The summed E-state index contributed by atoms with van der Waals surface area (Å²) in [4.78, 5) is 13.5. The fraction of sp³-hybridized carbons (Fsp3) is 0.238. The third kappa shape index (κ3) is 3.51. The number of aryl methyl sites for hydroxylation is 2. The Morgan fingerprint density at radius 1 is 1.00 bits per heavy atom. The van der Waals surface area contributed by atoms with E-state index in [4.69, 9.17) is 0 Å². The molecule has 0 atom stereocenters. The average Bonchev–Trinajstić information content (AvgIpc) is 3.06. The molecular formula is C21H22N6. The first-order chi connectivity index (χ1) is 13.0. The molecule has 3 aromatic heterocycles. The van der Waals surface area contributed by atoms with Gasteiger partial charge in [0.15, 0.2) is 5.82 Å². The number of nitrogens with zero attached hydrogens (tertiary/aromatic N) is 5. The van der Waals surface area contributed by atoms with Gasteiger partial charge >= 0.3 is 0 Å². The van der Waals surface area contributed by atoms with Gasteiger partial charge in [-0.15, -0.1) is 5.10 Å². The Balaban J connectivity index is 1.85. The lowest BCUT2D eigenvalue weighted by molar-refractivity contribution is 0.809. The van der Waals surface area contributed by atoms with Crippen LogP contribution in [0.3, 0.4) is 0 Å². The number of hydrogen-bond acceptors (Lipinski definition) is 5. The Morgan fingerprint density at radius 3 is 2.44 bits per heavy atom. The maximum Gasteiger partial charge on any atom is 0.254 e. The highest BCUT2D eigenvalue weighted by atomic mass is 15.4. The molecule has 136 valence electrons. The summed E-state index contributed by atoms with van der Waals surface area (Å²) >= 11 is 0. The Kier molecular flexibility index (Phi) is 4.32. The standard InChI is InChI=1S/C21H22N6/c1-13(2)18-11-19(23-17-9-14(3)8-15(4)10-17)27-21(24-18)25-20(26-27)16-6-5-7-22-12-16/h5-13,23H,1-4H3. The summed E-state index contributed by atoms with van der Waals surface area (Å²) in [5.41, 5.74) is 5.28. The Labute approximate surface area is 158 Å². The van der Waals surface area contributed by atoms with Crippen molar-refractivity contribution in [3.05, 3.63) is 65.6 Å². The number of nitrogens with one attached hydrogen (secondary N) is 1. The van der Waals surface area contributed by atoms with Crippen molar-refractivity contribution in [2.24, 2.45) is 0 Å². The summed E-state index contributed by atoms with van der Waals surface area (Å²) in [5, 5.41) is 8.16. The molecule has 0 bridgehead atoms. The lowest BCUT2D eigenvalue weighted by Crippen LogP contribution is -2.05. The van der Waals surface area contributed by atoms with Gasteiger partial charge in [0.25, 0.3) is 5.78 Å². The fourth-order valence-corrected chi connectivity index (χ4v) is 3.08. The van der Waals surface area contributed by atoms with Crippen LogP contribution in [0.25, 0.3) is 17.2 Å². The van der Waals surface area contributed by atoms with Crippen LogP contribution in [0.1, 0.15) is 36.6 Å². The van der Waals surface area contributed by atoms with Crippen LogP contribution >= 0.6 is 0 Å². The molecule has 0 amide bonds. The second kappa shape index (κ2) is 6.79. The number of aromatic nitrogens is 5. The smallest absolute Gasteiger partial charge is 0.254 e. The van der Waals surface area contributed by atoms with Crippen LogP contribution in [-0.2, 0) is 0 Å². The van der Waals surface area contributed by atoms with Gasteiger partial charge in [-0.3, -0.25) is 4.98 Å². The number of pyridine rings is 1. The van der Waals surface area contributed by atoms with Crippen molar-refractivity contribution >= 4 is 17.3 Å². The highest BCUT2D eigenvalue weighted by molar-refractivity contribution is 5.63. The van der Waals surface area contributed by atoms with Gasteiger partial charge in [0.2, 0.25) is 0 Å². The van der Waals surface area contributed by atoms with Crippen LogP contribution in [0.15, 0.2) is 48.8 Å². The molecule has 0 aliphatic carbocycles. The molecule has 0 saturated heterocycles. The molecular weight excluding hydrogens is 336 g/mol. The molecule has 4 aromatic rings. The maximum atomic E-state index is 4.69. The number of fused-ring (bicyclic) bond motifs is 1. The van der Waals surface area contributed by atoms with E-state index in [-0.39, 0.29) is 5.92 Å². The minimum absolute atomic E-state index is 0.285. The van der Waals surface area contributed by atoms with E-state index in [0.717, 1.165) is 22.8 Å². The molecule has 6 nitrogen and oxygen atoms in total. The van der Waals surface area contributed by atoms with Crippen LogP contribution < -0.4 is 5.32 Å². The van der Waals surface area contributed by atoms with Crippen molar-refractivity contribution in [2.75, 3.05) is 5.32 Å². The highest BCUT2D eigenvalue weighted by Gasteiger charge is 2.14. The lowest BCUT2D eigenvalue weighted by atomic mass is 10.1. The van der Waals surface area contributed by atoms with E-state index in [1.54, 1.807) is 16.9 Å². The fourth-order valence-electron chi connectivity index (χ4n) is 3.08. The largest absolute Gasteiger partial charge is 0.340 e. The van der Waals surface area contributed by atoms with E-state index < -0.39 is 0 Å². The van der Waals surface area contributed by atoms with Crippen molar-refractivity contribution in [3.8, 4) is 11.4 Å². The topological polar surface area (TPSA) is 68.0 Å². The van der Waals surface area contributed by atoms with Crippen LogP contribution in [0.4, 0.5) is 11.5 Å². The minimum atomic E-state index is 0.285. The molecule has 0 aliphatic rings. The van der Waals surface area contributed by atoms with E-state index in [1.165, 1.54) is 11.1 Å². The molecule has 6 heteroatoms. The first kappa shape index (κ1) is 17.1. The molecule has 27 heavy (non-hydrogen) atoms. The summed E-state index contributed by atoms with van der Waals surface area (Å²) in [5.74, 6) is 2.32. The van der Waals surface area contributed by atoms with Gasteiger partial charge in [-0.05, 0) is 55.2 Å². The van der Waals surface area contributed by atoms with Gasteiger partial charge < -0.3 is 5.32 Å². The normalized spacial score (nSPS) is 11.3. The second-order valence-corrected chi connectivity index (χ2v) is 7.11. The molecule has 0 radical (unpaired) electrons. The zero-order valence-corrected chi connectivity index (χ0v) is 15.9. The Hall–Kier alpha value is -3.28. The first-order valence-corrected chi connectivity index (χ1v) is 9.03. The summed E-state index contributed by atoms with van der Waals surface area (Å²) < 4.78 is 1.76. The molecule has 4 rings (SSSR count). The van der Waals surface area contributed by atoms with Gasteiger partial charge in [-0.25, -0.2) is 4.98 Å². The lowest BCUT2D eigenvalue weighted by Gasteiger charge is -2.12. The van der Waals surface area contributed by atoms with E-state index in [9.17, 15) is 0 Å². The third-order valence-corrected chi connectivity index (χ3v) is 4.34. The molecule has 3 heterocycles. The number of anilines is 2. The summed E-state index contributed by atoms with van der Waals surface area (Å²) in [6.07, 6.45) is 3.50. The van der Waals surface area contributed by atoms with E-state index in [0.29, 0.717) is 11.6 Å². The Bertz CT molecular complexity index is 1080. The first-order valence-electron chi connectivity index (χ1n) is 9.03. The van der Waals surface area contributed by atoms with Crippen LogP contribution in [0, 0.1) is 13.8 Å². The monoisotopic (exact) mass is 358 g/mol. The predicted octanol–water partition coefficient (Wildman–Crippen LogP) is 4.67. The van der Waals surface area contributed by atoms with Crippen LogP contribution in [-0.4, -0.2) is 24.6 Å². The van der Waals surface area contributed by atoms with Gasteiger partial charge in [0.1, 0.15) is 5.82 Å². The molecule has 0 saturated carbocycles. The Morgan fingerprint density at radius 2 is 1.78 bits per heavy atom. The van der Waals surface area contributed by atoms with Crippen LogP contribution in [0.2, 0.25) is 0 Å². The predicted molar refractivity (Wildman–Crippen MR) is 107 cm³/mol. The van der Waals surface area contributed by atoms with Gasteiger partial charge in [-0.2, -0.15) is 9.50 Å². The molecule has 1 aromatic carbocycles. The van der Waals surface area contributed by atoms with Crippen LogP contribution in [0.5, 0.6) is 0 Å². The number of hydrogen-bond donors (Lipinski definition) is 1. The molecule has 0 spiro atoms. The van der Waals surface area contributed by atoms with E-state index >= 15 is 0 Å². The van der Waals surface area contributed by atoms with Crippen molar-refractivity contribution in [3.63, 3.8) is 0 Å². The average molecular weight is 358 g/mol. The SMILES string of the molecule is Cc1cc(C)cc(Nc2cc(C(C)C)nc3nc(-c4cccnc4)nn23)c1. The third-order valence-electron chi connectivity index (χ3n) is 4.34. The van der Waals surface area contributed by atoms with Gasteiger partial charge in [0.05, 0.1) is 5.69 Å². The summed E-state index contributed by atoms with van der Waals surface area (Å²) in [6, 6.07) is 12.3. The number of rotatable bonds is 4. The quantitative estimate of drug-likeness (QED) is 0.574. The highest BCUT2D eigenvalue weighted by Crippen LogP contribution is 2.24. The van der Waals surface area contributed by atoms with E-state index in [2.05, 4.69) is 71.3 Å². The zero-order valence-electron chi connectivity index (χ0n) is 15.9. The summed E-state index contributed by atoms with van der Waals surface area (Å²) in [6.45, 7) is 8.43.